The van der Waals surface area contributed by atoms with E-state index in [0.29, 0.717) is 12.5 Å². The van der Waals surface area contributed by atoms with Crippen molar-refractivity contribution in [2.24, 2.45) is 11.7 Å². The lowest BCUT2D eigenvalue weighted by Gasteiger charge is -2.21. The van der Waals surface area contributed by atoms with E-state index >= 15 is 0 Å². The Morgan fingerprint density at radius 3 is 3.00 bits per heavy atom. The maximum atomic E-state index is 12.6. The Labute approximate surface area is 118 Å². The van der Waals surface area contributed by atoms with Gasteiger partial charge in [-0.1, -0.05) is 18.8 Å². The highest BCUT2D eigenvalue weighted by molar-refractivity contribution is 7.12. The Morgan fingerprint density at radius 1 is 1.58 bits per heavy atom. The highest BCUT2D eigenvalue weighted by Crippen LogP contribution is 2.30. The molecule has 1 saturated carbocycles. The number of thiophene rings is 1. The van der Waals surface area contributed by atoms with Gasteiger partial charge in [0.15, 0.2) is 0 Å². The third-order valence-electron chi connectivity index (χ3n) is 3.14. The lowest BCUT2D eigenvalue weighted by molar-refractivity contribution is 0.0752. The number of nitrogens with zero attached hydrogens (tertiary/aromatic N) is 1. The van der Waals surface area contributed by atoms with Gasteiger partial charge in [0.05, 0.1) is 6.54 Å². The Bertz CT molecular complexity index is 494. The molecule has 0 unspecified atom stereocenters. The van der Waals surface area contributed by atoms with E-state index < -0.39 is 0 Å². The van der Waals surface area contributed by atoms with Gasteiger partial charge in [0.2, 0.25) is 0 Å². The van der Waals surface area contributed by atoms with Crippen molar-refractivity contribution in [3.8, 4) is 11.8 Å². The molecule has 1 aromatic heterocycles. The quantitative estimate of drug-likeness (QED) is 0.839. The first kappa shape index (κ1) is 14.1. The van der Waals surface area contributed by atoms with Crippen LogP contribution >= 0.6 is 11.3 Å². The summed E-state index contributed by atoms with van der Waals surface area (Å²) < 4.78 is 0. The van der Waals surface area contributed by atoms with E-state index in [2.05, 4.69) is 18.8 Å². The molecule has 0 spiro atoms. The van der Waals surface area contributed by atoms with E-state index in [0.717, 1.165) is 30.0 Å². The lowest BCUT2D eigenvalue weighted by atomic mass is 10.2. The van der Waals surface area contributed by atoms with Gasteiger partial charge in [-0.25, -0.2) is 0 Å². The number of hydrogen-bond donors (Lipinski definition) is 1. The van der Waals surface area contributed by atoms with E-state index in [1.54, 1.807) is 0 Å². The fraction of sp³-hybridized carbons (Fsp3) is 0.533. The number of amides is 1. The van der Waals surface area contributed by atoms with Crippen molar-refractivity contribution >= 4 is 17.2 Å². The monoisotopic (exact) mass is 276 g/mol. The van der Waals surface area contributed by atoms with E-state index in [1.807, 2.05) is 16.3 Å². The largest absolute Gasteiger partial charge is 0.338 e. The fourth-order valence-electron chi connectivity index (χ4n) is 2.02. The minimum atomic E-state index is 0.130. The predicted octanol–water partition coefficient (Wildman–Crippen LogP) is 2.32. The number of hydrogen-bond acceptors (Lipinski definition) is 3. The summed E-state index contributed by atoms with van der Waals surface area (Å²) in [6, 6.07) is 1.90. The average Bonchev–Trinajstić information content (AvgIpc) is 3.10. The molecular formula is C15H20N2OS. The summed E-state index contributed by atoms with van der Waals surface area (Å²) in [5.41, 5.74) is 6.20. The third-order valence-corrected chi connectivity index (χ3v) is 4.04. The van der Waals surface area contributed by atoms with Crippen molar-refractivity contribution in [2.45, 2.75) is 26.2 Å². The fourth-order valence-corrected chi connectivity index (χ4v) is 2.84. The van der Waals surface area contributed by atoms with Crippen molar-refractivity contribution in [2.75, 3.05) is 19.6 Å². The molecule has 0 aromatic carbocycles. The summed E-state index contributed by atoms with van der Waals surface area (Å²) in [5.74, 6) is 6.66. The van der Waals surface area contributed by atoms with Crippen molar-refractivity contribution < 1.29 is 4.79 Å². The molecule has 0 radical (unpaired) electrons. The predicted molar refractivity (Wildman–Crippen MR) is 79.2 cm³/mol. The molecule has 0 saturated heterocycles. The number of carbonyl (C=O) groups excluding carboxylic acids is 1. The van der Waals surface area contributed by atoms with Gasteiger partial charge in [0.1, 0.15) is 4.88 Å². The van der Waals surface area contributed by atoms with Crippen LogP contribution in [0.2, 0.25) is 0 Å². The Kier molecular flexibility index (Phi) is 5.00. The molecule has 1 aromatic rings. The number of carbonyl (C=O) groups is 1. The molecule has 1 fully saturated rings. The average molecular weight is 276 g/mol. The molecule has 1 amide bonds. The minimum absolute atomic E-state index is 0.130. The van der Waals surface area contributed by atoms with Gasteiger partial charge in [-0.3, -0.25) is 4.79 Å². The van der Waals surface area contributed by atoms with Gasteiger partial charge in [0, 0.05) is 18.7 Å². The van der Waals surface area contributed by atoms with E-state index in [-0.39, 0.29) is 5.91 Å². The van der Waals surface area contributed by atoms with Gasteiger partial charge in [-0.05, 0) is 36.6 Å². The molecule has 0 atom stereocenters. The first-order chi connectivity index (χ1) is 9.26. The molecule has 1 aliphatic carbocycles. The first-order valence-electron chi connectivity index (χ1n) is 6.82. The molecule has 102 valence electrons. The molecule has 1 heterocycles. The SMILES string of the molecule is CCCN(CC1CC1)C(=O)c1sccc1C#CCN. The zero-order valence-corrected chi connectivity index (χ0v) is 12.1. The van der Waals surface area contributed by atoms with Crippen LogP contribution in [0.4, 0.5) is 0 Å². The van der Waals surface area contributed by atoms with Crippen LogP contribution in [-0.2, 0) is 0 Å². The number of rotatable bonds is 5. The van der Waals surface area contributed by atoms with Gasteiger partial charge >= 0.3 is 0 Å². The van der Waals surface area contributed by atoms with Crippen LogP contribution in [0, 0.1) is 17.8 Å². The van der Waals surface area contributed by atoms with Crippen LogP contribution in [0.15, 0.2) is 11.4 Å². The molecular weight excluding hydrogens is 256 g/mol. The normalized spacial score (nSPS) is 13.8. The first-order valence-corrected chi connectivity index (χ1v) is 7.70. The zero-order chi connectivity index (χ0) is 13.7. The van der Waals surface area contributed by atoms with Gasteiger partial charge < -0.3 is 10.6 Å². The molecule has 2 N–H and O–H groups in total. The molecule has 3 nitrogen and oxygen atoms in total. The smallest absolute Gasteiger partial charge is 0.265 e. The summed E-state index contributed by atoms with van der Waals surface area (Å²) in [7, 11) is 0. The van der Waals surface area contributed by atoms with Crippen LogP contribution < -0.4 is 5.73 Å². The number of nitrogens with two attached hydrogens (primary N) is 1. The van der Waals surface area contributed by atoms with E-state index in [4.69, 9.17) is 5.73 Å². The summed E-state index contributed by atoms with van der Waals surface area (Å²) in [5, 5.41) is 1.93. The van der Waals surface area contributed by atoms with Crippen molar-refractivity contribution in [3.05, 3.63) is 21.9 Å². The van der Waals surface area contributed by atoms with Crippen LogP contribution in [0.3, 0.4) is 0 Å². The maximum absolute atomic E-state index is 12.6. The summed E-state index contributed by atoms with van der Waals surface area (Å²) in [6.45, 7) is 4.16. The highest BCUT2D eigenvalue weighted by Gasteiger charge is 2.28. The molecule has 2 rings (SSSR count). The molecule has 19 heavy (non-hydrogen) atoms. The zero-order valence-electron chi connectivity index (χ0n) is 11.3. The summed E-state index contributed by atoms with van der Waals surface area (Å²) in [4.78, 5) is 15.3. The van der Waals surface area contributed by atoms with Crippen LogP contribution in [0.1, 0.15) is 41.4 Å². The van der Waals surface area contributed by atoms with Crippen LogP contribution in [-0.4, -0.2) is 30.4 Å². The van der Waals surface area contributed by atoms with Gasteiger partial charge in [0.25, 0.3) is 5.91 Å². The highest BCUT2D eigenvalue weighted by atomic mass is 32.1. The van der Waals surface area contributed by atoms with Crippen molar-refractivity contribution in [3.63, 3.8) is 0 Å². The van der Waals surface area contributed by atoms with Gasteiger partial charge in [-0.15, -0.1) is 11.3 Å². The molecule has 0 aliphatic heterocycles. The summed E-state index contributed by atoms with van der Waals surface area (Å²) in [6.07, 6.45) is 3.52. The second-order valence-corrected chi connectivity index (χ2v) is 5.78. The minimum Gasteiger partial charge on any atom is -0.338 e. The Balaban J connectivity index is 2.13. The van der Waals surface area contributed by atoms with Crippen molar-refractivity contribution in [1.82, 2.24) is 4.90 Å². The second-order valence-electron chi connectivity index (χ2n) is 4.86. The van der Waals surface area contributed by atoms with E-state index in [1.165, 1.54) is 24.2 Å². The maximum Gasteiger partial charge on any atom is 0.265 e. The topological polar surface area (TPSA) is 46.3 Å². The molecule has 1 aliphatic rings. The Morgan fingerprint density at radius 2 is 2.37 bits per heavy atom. The molecule has 0 bridgehead atoms. The summed E-state index contributed by atoms with van der Waals surface area (Å²) >= 11 is 1.48. The van der Waals surface area contributed by atoms with Gasteiger partial charge in [-0.2, -0.15) is 0 Å². The Hall–Kier alpha value is -1.31. The standard InChI is InChI=1S/C15H20N2OS/c1-2-9-17(11-12-5-6-12)15(18)14-13(4-3-8-16)7-10-19-14/h7,10,12H,2,5-6,8-9,11,16H2,1H3. The lowest BCUT2D eigenvalue weighted by Crippen LogP contribution is -2.33. The third kappa shape index (κ3) is 3.82. The second kappa shape index (κ2) is 6.74. The van der Waals surface area contributed by atoms with Crippen LogP contribution in [0.25, 0.3) is 0 Å². The van der Waals surface area contributed by atoms with E-state index in [9.17, 15) is 4.79 Å². The molecule has 4 heteroatoms. The van der Waals surface area contributed by atoms with Crippen molar-refractivity contribution in [1.29, 1.82) is 0 Å². The van der Waals surface area contributed by atoms with Crippen LogP contribution in [0.5, 0.6) is 0 Å².